The lowest BCUT2D eigenvalue weighted by molar-refractivity contribution is -0.132. The Kier molecular flexibility index (Phi) is 5.80. The number of carbonyl (C=O) groups is 2. The van der Waals surface area contributed by atoms with Crippen LogP contribution in [-0.2, 0) is 9.59 Å². The van der Waals surface area contributed by atoms with Crippen molar-refractivity contribution in [2.75, 3.05) is 6.26 Å². The van der Waals surface area contributed by atoms with Crippen LogP contribution in [0.1, 0.15) is 26.7 Å². The summed E-state index contributed by atoms with van der Waals surface area (Å²) in [4.78, 5) is 21.5. The van der Waals surface area contributed by atoms with Gasteiger partial charge in [-0.2, -0.15) is 11.8 Å². The summed E-state index contributed by atoms with van der Waals surface area (Å²) in [6, 6.07) is 0. The van der Waals surface area contributed by atoms with Gasteiger partial charge >= 0.3 is 0 Å². The quantitative estimate of drug-likeness (QED) is 0.630. The fourth-order valence-electron chi connectivity index (χ4n) is 0.899. The van der Waals surface area contributed by atoms with Gasteiger partial charge < -0.3 is 0 Å². The molecule has 1 unspecified atom stereocenters. The van der Waals surface area contributed by atoms with Crippen LogP contribution in [0.4, 0.5) is 0 Å². The maximum Gasteiger partial charge on any atom is 0.239 e. The van der Waals surface area contributed by atoms with Gasteiger partial charge in [-0.1, -0.05) is 13.8 Å². The summed E-state index contributed by atoms with van der Waals surface area (Å²) in [6.07, 6.45) is 3.04. The smallest absolute Gasteiger partial charge is 0.239 e. The summed E-state index contributed by atoms with van der Waals surface area (Å²) in [5, 5.41) is 2.27. The number of nitrogens with one attached hydrogen (secondary N) is 1. The van der Waals surface area contributed by atoms with Crippen LogP contribution >= 0.6 is 11.8 Å². The van der Waals surface area contributed by atoms with Gasteiger partial charge in [-0.05, 0) is 12.7 Å². The minimum Gasteiger partial charge on any atom is -0.295 e. The van der Waals surface area contributed by atoms with Crippen molar-refractivity contribution < 1.29 is 9.59 Å². The van der Waals surface area contributed by atoms with Crippen molar-refractivity contribution in [3.63, 3.8) is 0 Å². The molecule has 0 aromatic heterocycles. The van der Waals surface area contributed by atoms with Gasteiger partial charge in [-0.3, -0.25) is 14.9 Å². The molecule has 0 bridgehead atoms. The van der Waals surface area contributed by atoms with Gasteiger partial charge in [0, 0.05) is 6.42 Å². The average Bonchev–Trinajstić information content (AvgIpc) is 2.08. The number of thioether (sulfide) groups is 1. The van der Waals surface area contributed by atoms with Crippen LogP contribution < -0.4 is 5.32 Å². The summed E-state index contributed by atoms with van der Waals surface area (Å²) in [6.45, 7) is 4.00. The highest BCUT2D eigenvalue weighted by molar-refractivity contribution is 7.99. The molecule has 1 N–H and O–H groups in total. The molecule has 1 aliphatic heterocycles. The molecule has 0 radical (unpaired) electrons. The molecule has 0 saturated carbocycles. The Labute approximate surface area is 77.3 Å². The van der Waals surface area contributed by atoms with Gasteiger partial charge in [0.1, 0.15) is 0 Å². The van der Waals surface area contributed by atoms with Crippen molar-refractivity contribution in [1.29, 1.82) is 0 Å². The average molecular weight is 189 g/mol. The molecule has 1 atom stereocenters. The molecule has 70 valence electrons. The highest BCUT2D eigenvalue weighted by atomic mass is 32.2. The second kappa shape index (κ2) is 6.06. The lowest BCUT2D eigenvalue weighted by Gasteiger charge is -2.17. The maximum absolute atomic E-state index is 10.9. The first-order valence-electron chi connectivity index (χ1n) is 4.10. The number of hydrogen-bond donors (Lipinski definition) is 1. The normalized spacial score (nSPS) is 22.4. The van der Waals surface area contributed by atoms with E-state index >= 15 is 0 Å². The lowest BCUT2D eigenvalue weighted by atomic mass is 10.1. The summed E-state index contributed by atoms with van der Waals surface area (Å²) in [5.41, 5.74) is 0. The molecule has 2 amide bonds. The van der Waals surface area contributed by atoms with E-state index in [9.17, 15) is 9.59 Å². The third-order valence-corrected chi connectivity index (χ3v) is 2.49. The number of hydrogen-bond acceptors (Lipinski definition) is 3. The van der Waals surface area contributed by atoms with Crippen molar-refractivity contribution in [3.8, 4) is 0 Å². The molecule has 1 rings (SSSR count). The number of imide groups is 1. The van der Waals surface area contributed by atoms with Crippen molar-refractivity contribution in [1.82, 2.24) is 5.32 Å². The fraction of sp³-hybridized carbons (Fsp3) is 0.750. The van der Waals surface area contributed by atoms with E-state index < -0.39 is 0 Å². The van der Waals surface area contributed by atoms with Crippen LogP contribution in [0.2, 0.25) is 0 Å². The first kappa shape index (κ1) is 11.5. The Morgan fingerprint density at radius 2 is 2.00 bits per heavy atom. The number of rotatable bonds is 1. The molecule has 0 aromatic carbocycles. The minimum atomic E-state index is -0.143. The Hall–Kier alpha value is -0.510. The van der Waals surface area contributed by atoms with Gasteiger partial charge in [0.2, 0.25) is 11.8 Å². The molecule has 1 fully saturated rings. The van der Waals surface area contributed by atoms with Gasteiger partial charge in [-0.25, -0.2) is 0 Å². The van der Waals surface area contributed by atoms with E-state index in [0.29, 0.717) is 12.8 Å². The van der Waals surface area contributed by atoms with Crippen molar-refractivity contribution >= 4 is 23.6 Å². The topological polar surface area (TPSA) is 46.2 Å². The zero-order valence-corrected chi connectivity index (χ0v) is 8.53. The third kappa shape index (κ3) is 3.26. The van der Waals surface area contributed by atoms with E-state index in [1.165, 1.54) is 11.8 Å². The maximum atomic E-state index is 10.9. The van der Waals surface area contributed by atoms with E-state index in [4.69, 9.17) is 0 Å². The van der Waals surface area contributed by atoms with Crippen LogP contribution in [0.3, 0.4) is 0 Å². The Balaban J connectivity index is 0.000000561. The molecule has 1 saturated heterocycles. The summed E-state index contributed by atoms with van der Waals surface area (Å²) in [7, 11) is 0. The van der Waals surface area contributed by atoms with Crippen LogP contribution in [0.5, 0.6) is 0 Å². The van der Waals surface area contributed by atoms with Crippen LogP contribution in [0.25, 0.3) is 0 Å². The number of piperidine rings is 1. The Bertz CT molecular complexity index is 170. The molecule has 0 aromatic rings. The van der Waals surface area contributed by atoms with Gasteiger partial charge in [0.05, 0.1) is 5.25 Å². The number of carbonyl (C=O) groups excluding carboxylic acids is 2. The van der Waals surface area contributed by atoms with E-state index in [0.717, 1.165) is 0 Å². The molecule has 1 heterocycles. The van der Waals surface area contributed by atoms with Crippen molar-refractivity contribution in [3.05, 3.63) is 0 Å². The fourth-order valence-corrected chi connectivity index (χ4v) is 1.53. The SMILES string of the molecule is CC.CSC1CCC(=O)NC1=O. The highest BCUT2D eigenvalue weighted by Gasteiger charge is 2.24. The lowest BCUT2D eigenvalue weighted by Crippen LogP contribution is -2.42. The summed E-state index contributed by atoms with van der Waals surface area (Å²) < 4.78 is 0. The molecule has 0 aliphatic carbocycles. The molecular formula is C8H15NO2S. The molecule has 12 heavy (non-hydrogen) atoms. The second-order valence-electron chi connectivity index (χ2n) is 2.18. The highest BCUT2D eigenvalue weighted by Crippen LogP contribution is 2.16. The summed E-state index contributed by atoms with van der Waals surface area (Å²) >= 11 is 1.49. The zero-order valence-electron chi connectivity index (χ0n) is 7.72. The van der Waals surface area contributed by atoms with Crippen LogP contribution in [0, 0.1) is 0 Å². The van der Waals surface area contributed by atoms with Crippen molar-refractivity contribution in [2.45, 2.75) is 31.9 Å². The Morgan fingerprint density at radius 3 is 2.42 bits per heavy atom. The van der Waals surface area contributed by atoms with E-state index in [2.05, 4.69) is 5.32 Å². The molecule has 0 spiro atoms. The van der Waals surface area contributed by atoms with E-state index in [1.807, 2.05) is 20.1 Å². The standard InChI is InChI=1S/C6H9NO2S.C2H6/c1-10-4-2-3-5(8)7-6(4)9;1-2/h4H,2-3H2,1H3,(H,7,8,9);1-2H3. The predicted molar refractivity (Wildman–Crippen MR) is 51.0 cm³/mol. The monoisotopic (exact) mass is 189 g/mol. The predicted octanol–water partition coefficient (Wildman–Crippen LogP) is 1.18. The van der Waals surface area contributed by atoms with Gasteiger partial charge in [0.15, 0.2) is 0 Å². The minimum absolute atomic E-state index is 0.0160. The summed E-state index contributed by atoms with van der Waals surface area (Å²) in [5.74, 6) is -0.279. The third-order valence-electron chi connectivity index (χ3n) is 1.47. The second-order valence-corrected chi connectivity index (χ2v) is 3.22. The first-order valence-corrected chi connectivity index (χ1v) is 5.39. The largest absolute Gasteiger partial charge is 0.295 e. The van der Waals surface area contributed by atoms with Crippen molar-refractivity contribution in [2.24, 2.45) is 0 Å². The van der Waals surface area contributed by atoms with Gasteiger partial charge in [-0.15, -0.1) is 0 Å². The van der Waals surface area contributed by atoms with E-state index in [-0.39, 0.29) is 17.1 Å². The van der Waals surface area contributed by atoms with E-state index in [1.54, 1.807) is 0 Å². The molecule has 4 heteroatoms. The molecule has 1 aliphatic rings. The van der Waals surface area contributed by atoms with Crippen LogP contribution in [0.15, 0.2) is 0 Å². The Morgan fingerprint density at radius 1 is 1.42 bits per heavy atom. The number of amides is 2. The van der Waals surface area contributed by atoms with Gasteiger partial charge in [0.25, 0.3) is 0 Å². The molecule has 3 nitrogen and oxygen atoms in total. The van der Waals surface area contributed by atoms with Crippen LogP contribution in [-0.4, -0.2) is 23.3 Å². The molecular weight excluding hydrogens is 174 g/mol. The first-order chi connectivity index (χ1) is 5.74. The zero-order chi connectivity index (χ0) is 9.56.